The van der Waals surface area contributed by atoms with Crippen molar-refractivity contribution in [3.63, 3.8) is 0 Å². The van der Waals surface area contributed by atoms with E-state index >= 15 is 0 Å². The van der Waals surface area contributed by atoms with Crippen molar-refractivity contribution in [1.82, 2.24) is 0 Å². The summed E-state index contributed by atoms with van der Waals surface area (Å²) in [6, 6.07) is 6.33. The van der Waals surface area contributed by atoms with Gasteiger partial charge in [0.1, 0.15) is 0 Å². The molecule has 1 aromatic carbocycles. The third-order valence-corrected chi connectivity index (χ3v) is 2.07. The Bertz CT molecular complexity index is 442. The van der Waals surface area contributed by atoms with Crippen LogP contribution in [0.1, 0.15) is 34.6 Å². The lowest BCUT2D eigenvalue weighted by Gasteiger charge is -2.04. The molecule has 1 rings (SSSR count). The first-order chi connectivity index (χ1) is 9.12. The molecule has 102 valence electrons. The summed E-state index contributed by atoms with van der Waals surface area (Å²) >= 11 is 0. The van der Waals surface area contributed by atoms with Gasteiger partial charge in [-0.2, -0.15) is 0 Å². The Labute approximate surface area is 113 Å². The van der Waals surface area contributed by atoms with Crippen LogP contribution in [-0.4, -0.2) is 26.2 Å². The number of hydrogen-bond donors (Lipinski definition) is 0. The van der Waals surface area contributed by atoms with Crippen LogP contribution in [0.2, 0.25) is 0 Å². The third-order valence-electron chi connectivity index (χ3n) is 2.07. The van der Waals surface area contributed by atoms with Crippen molar-refractivity contribution in [3.8, 4) is 0 Å². The lowest BCUT2D eigenvalue weighted by molar-refractivity contribution is 0.0555. The summed E-state index contributed by atoms with van der Waals surface area (Å²) in [6.07, 6.45) is 3.75. The van der Waals surface area contributed by atoms with Gasteiger partial charge in [-0.15, -0.1) is 5.73 Å². The average Bonchev–Trinajstić information content (AvgIpc) is 2.47. The SMILES string of the molecule is CC=C=CC.COC(=O)c1ccccc1C(=O)OC. The molecule has 0 aliphatic rings. The van der Waals surface area contributed by atoms with Crippen molar-refractivity contribution in [2.75, 3.05) is 14.2 Å². The first-order valence-corrected chi connectivity index (χ1v) is 5.69. The summed E-state index contributed by atoms with van der Waals surface area (Å²) in [5, 5.41) is 0. The Morgan fingerprint density at radius 3 is 1.53 bits per heavy atom. The maximum atomic E-state index is 11.2. The lowest BCUT2D eigenvalue weighted by Crippen LogP contribution is -2.11. The van der Waals surface area contributed by atoms with E-state index in [0.717, 1.165) is 0 Å². The van der Waals surface area contributed by atoms with Crippen LogP contribution < -0.4 is 0 Å². The van der Waals surface area contributed by atoms with Crippen LogP contribution in [0.4, 0.5) is 0 Å². The second-order valence-electron chi connectivity index (χ2n) is 3.27. The monoisotopic (exact) mass is 262 g/mol. The molecule has 0 aromatic heterocycles. The number of carbonyl (C=O) groups excluding carboxylic acids is 2. The Morgan fingerprint density at radius 1 is 0.947 bits per heavy atom. The largest absolute Gasteiger partial charge is 0.465 e. The van der Waals surface area contributed by atoms with E-state index in [1.807, 2.05) is 26.0 Å². The van der Waals surface area contributed by atoms with Crippen molar-refractivity contribution in [2.45, 2.75) is 13.8 Å². The molecule has 0 bridgehead atoms. The molecule has 0 atom stereocenters. The number of benzene rings is 1. The average molecular weight is 262 g/mol. The van der Waals surface area contributed by atoms with Crippen LogP contribution in [0, 0.1) is 0 Å². The van der Waals surface area contributed by atoms with Crippen LogP contribution in [0.25, 0.3) is 0 Å². The molecule has 0 saturated carbocycles. The Morgan fingerprint density at radius 2 is 1.32 bits per heavy atom. The fourth-order valence-electron chi connectivity index (χ4n) is 1.23. The van der Waals surface area contributed by atoms with Crippen LogP contribution in [0.15, 0.2) is 42.1 Å². The van der Waals surface area contributed by atoms with E-state index in [9.17, 15) is 9.59 Å². The van der Waals surface area contributed by atoms with E-state index in [0.29, 0.717) is 0 Å². The van der Waals surface area contributed by atoms with Crippen molar-refractivity contribution in [3.05, 3.63) is 53.3 Å². The van der Waals surface area contributed by atoms with E-state index in [1.165, 1.54) is 26.4 Å². The van der Waals surface area contributed by atoms with Crippen molar-refractivity contribution in [1.29, 1.82) is 0 Å². The lowest BCUT2D eigenvalue weighted by atomic mass is 10.1. The molecule has 4 heteroatoms. The molecule has 0 N–H and O–H groups in total. The fraction of sp³-hybridized carbons (Fsp3) is 0.267. The van der Waals surface area contributed by atoms with Gasteiger partial charge in [-0.05, 0) is 38.1 Å². The molecule has 0 fully saturated rings. The molecular formula is C15H18O4. The molecule has 4 nitrogen and oxygen atoms in total. The molecule has 0 spiro atoms. The molecule has 0 amide bonds. The summed E-state index contributed by atoms with van der Waals surface area (Å²) in [5.74, 6) is -1.10. The van der Waals surface area contributed by atoms with Gasteiger partial charge in [0, 0.05) is 0 Å². The Kier molecular flexibility index (Phi) is 8.50. The van der Waals surface area contributed by atoms with Crippen LogP contribution in [0.5, 0.6) is 0 Å². The second-order valence-corrected chi connectivity index (χ2v) is 3.27. The predicted molar refractivity (Wildman–Crippen MR) is 73.1 cm³/mol. The highest BCUT2D eigenvalue weighted by Crippen LogP contribution is 2.10. The van der Waals surface area contributed by atoms with E-state index in [1.54, 1.807) is 12.1 Å². The van der Waals surface area contributed by atoms with E-state index < -0.39 is 11.9 Å². The minimum atomic E-state index is -0.550. The quantitative estimate of drug-likeness (QED) is 0.607. The van der Waals surface area contributed by atoms with E-state index in [4.69, 9.17) is 0 Å². The van der Waals surface area contributed by atoms with Crippen molar-refractivity contribution < 1.29 is 19.1 Å². The van der Waals surface area contributed by atoms with Gasteiger partial charge in [0.15, 0.2) is 0 Å². The summed E-state index contributed by atoms with van der Waals surface area (Å²) in [6.45, 7) is 3.89. The Balaban J connectivity index is 0.000000555. The van der Waals surface area contributed by atoms with Gasteiger partial charge in [-0.3, -0.25) is 0 Å². The number of rotatable bonds is 2. The van der Waals surface area contributed by atoms with Crippen LogP contribution >= 0.6 is 0 Å². The number of ether oxygens (including phenoxy) is 2. The molecule has 0 unspecified atom stereocenters. The fourth-order valence-corrected chi connectivity index (χ4v) is 1.23. The highest BCUT2D eigenvalue weighted by Gasteiger charge is 2.16. The zero-order valence-electron chi connectivity index (χ0n) is 11.6. The summed E-state index contributed by atoms with van der Waals surface area (Å²) < 4.78 is 9.05. The molecule has 0 saturated heterocycles. The minimum absolute atomic E-state index is 0.210. The summed E-state index contributed by atoms with van der Waals surface area (Å²) in [5.41, 5.74) is 3.28. The van der Waals surface area contributed by atoms with Crippen LogP contribution in [-0.2, 0) is 9.47 Å². The van der Waals surface area contributed by atoms with Gasteiger partial charge in [0.25, 0.3) is 0 Å². The smallest absolute Gasteiger partial charge is 0.338 e. The van der Waals surface area contributed by atoms with Gasteiger partial charge < -0.3 is 9.47 Å². The van der Waals surface area contributed by atoms with E-state index in [-0.39, 0.29) is 11.1 Å². The van der Waals surface area contributed by atoms with Crippen molar-refractivity contribution >= 4 is 11.9 Å². The van der Waals surface area contributed by atoms with Gasteiger partial charge in [-0.25, -0.2) is 9.59 Å². The normalized spacial score (nSPS) is 8.21. The second kappa shape index (κ2) is 9.68. The van der Waals surface area contributed by atoms with Crippen molar-refractivity contribution in [2.24, 2.45) is 0 Å². The zero-order valence-corrected chi connectivity index (χ0v) is 11.6. The minimum Gasteiger partial charge on any atom is -0.465 e. The first kappa shape index (κ1) is 16.7. The van der Waals surface area contributed by atoms with Crippen LogP contribution in [0.3, 0.4) is 0 Å². The molecule has 0 heterocycles. The molecule has 0 radical (unpaired) electrons. The molecule has 0 aliphatic carbocycles. The summed E-state index contributed by atoms with van der Waals surface area (Å²) in [7, 11) is 2.52. The number of hydrogen-bond acceptors (Lipinski definition) is 4. The number of carbonyl (C=O) groups is 2. The standard InChI is InChI=1S/C10H10O4.C5H8/c1-13-9(11)7-5-3-4-6-8(7)10(12)14-2;1-3-5-4-2/h3-6H,1-2H3;3-4H,1-2H3. The van der Waals surface area contributed by atoms with E-state index in [2.05, 4.69) is 15.2 Å². The Hall–Kier alpha value is -2.32. The van der Waals surface area contributed by atoms with Gasteiger partial charge in [-0.1, -0.05) is 12.1 Å². The molecule has 0 aliphatic heterocycles. The van der Waals surface area contributed by atoms with Gasteiger partial charge in [0.2, 0.25) is 0 Å². The highest BCUT2D eigenvalue weighted by molar-refractivity contribution is 6.02. The molecular weight excluding hydrogens is 244 g/mol. The number of esters is 2. The number of allylic oxidation sites excluding steroid dienone is 1. The zero-order chi connectivity index (χ0) is 14.7. The molecule has 1 aromatic rings. The number of methoxy groups -OCH3 is 2. The third kappa shape index (κ3) is 5.70. The van der Waals surface area contributed by atoms with Gasteiger partial charge in [0.05, 0.1) is 25.3 Å². The highest BCUT2D eigenvalue weighted by atomic mass is 16.5. The maximum absolute atomic E-state index is 11.2. The van der Waals surface area contributed by atoms with Gasteiger partial charge >= 0.3 is 11.9 Å². The predicted octanol–water partition coefficient (Wildman–Crippen LogP) is 3.00. The molecule has 19 heavy (non-hydrogen) atoms. The first-order valence-electron chi connectivity index (χ1n) is 5.69. The maximum Gasteiger partial charge on any atom is 0.338 e. The topological polar surface area (TPSA) is 52.6 Å². The summed E-state index contributed by atoms with van der Waals surface area (Å²) in [4.78, 5) is 22.4.